The summed E-state index contributed by atoms with van der Waals surface area (Å²) in [4.78, 5) is 33.9. The van der Waals surface area contributed by atoms with Gasteiger partial charge in [-0.3, -0.25) is 19.6 Å². The SMILES string of the molecule is O=C(NCc1ccccn1)c1ccc2c(c1)Oc1[nH]c(=S)[nH]c(=O)c1C2. The molecule has 3 aromatic rings. The molecule has 0 saturated heterocycles. The molecule has 7 nitrogen and oxygen atoms in total. The molecule has 4 rings (SSSR count). The van der Waals surface area contributed by atoms with Crippen molar-refractivity contribution in [3.05, 3.63) is 80.1 Å². The van der Waals surface area contributed by atoms with Crippen molar-refractivity contribution in [2.24, 2.45) is 0 Å². The Labute approximate surface area is 153 Å². The van der Waals surface area contributed by atoms with Gasteiger partial charge in [0.15, 0.2) is 4.77 Å². The monoisotopic (exact) mass is 366 g/mol. The number of hydrogen-bond donors (Lipinski definition) is 3. The predicted molar refractivity (Wildman–Crippen MR) is 97.0 cm³/mol. The number of hydrogen-bond acceptors (Lipinski definition) is 5. The first-order chi connectivity index (χ1) is 12.6. The van der Waals surface area contributed by atoms with Gasteiger partial charge in [0.2, 0.25) is 5.88 Å². The largest absolute Gasteiger partial charge is 0.440 e. The molecular formula is C18H14N4O3S. The van der Waals surface area contributed by atoms with Crippen molar-refractivity contribution in [2.75, 3.05) is 0 Å². The highest BCUT2D eigenvalue weighted by Crippen LogP contribution is 2.33. The summed E-state index contributed by atoms with van der Waals surface area (Å²) in [6.45, 7) is 0.336. The fourth-order valence-corrected chi connectivity index (χ4v) is 2.94. The fraction of sp³-hybridized carbons (Fsp3) is 0.111. The molecule has 0 aliphatic carbocycles. The first-order valence-corrected chi connectivity index (χ1v) is 8.35. The Bertz CT molecular complexity index is 1110. The van der Waals surface area contributed by atoms with Crippen molar-refractivity contribution in [2.45, 2.75) is 13.0 Å². The Morgan fingerprint density at radius 2 is 2.15 bits per heavy atom. The molecule has 0 atom stereocenters. The summed E-state index contributed by atoms with van der Waals surface area (Å²) in [5.41, 5.74) is 2.28. The van der Waals surface area contributed by atoms with Gasteiger partial charge in [0.25, 0.3) is 11.5 Å². The van der Waals surface area contributed by atoms with E-state index in [9.17, 15) is 9.59 Å². The molecule has 1 aliphatic rings. The summed E-state index contributed by atoms with van der Waals surface area (Å²) in [5.74, 6) is 0.614. The van der Waals surface area contributed by atoms with Crippen LogP contribution in [0.4, 0.5) is 0 Å². The second-order valence-corrected chi connectivity index (χ2v) is 6.23. The summed E-state index contributed by atoms with van der Waals surface area (Å²) in [7, 11) is 0. The number of aromatic amines is 2. The number of carbonyl (C=O) groups is 1. The van der Waals surface area contributed by atoms with E-state index in [1.165, 1.54) is 0 Å². The predicted octanol–water partition coefficient (Wildman–Crippen LogP) is 2.45. The number of nitrogens with zero attached hydrogens (tertiary/aromatic N) is 1. The molecule has 1 amide bonds. The third-order valence-corrected chi connectivity index (χ3v) is 4.27. The second-order valence-electron chi connectivity index (χ2n) is 5.82. The highest BCUT2D eigenvalue weighted by atomic mass is 32.1. The third kappa shape index (κ3) is 3.14. The number of H-pyrrole nitrogens is 2. The average Bonchev–Trinajstić information content (AvgIpc) is 2.65. The molecule has 0 unspecified atom stereocenters. The highest BCUT2D eigenvalue weighted by molar-refractivity contribution is 7.71. The summed E-state index contributed by atoms with van der Waals surface area (Å²) < 4.78 is 5.95. The van der Waals surface area contributed by atoms with Gasteiger partial charge in [-0.2, -0.15) is 0 Å². The lowest BCUT2D eigenvalue weighted by atomic mass is 10.0. The Morgan fingerprint density at radius 3 is 2.96 bits per heavy atom. The van der Waals surface area contributed by atoms with E-state index < -0.39 is 0 Å². The molecular weight excluding hydrogens is 352 g/mol. The van der Waals surface area contributed by atoms with Crippen LogP contribution >= 0.6 is 12.2 Å². The number of fused-ring (bicyclic) bond motifs is 2. The molecule has 3 N–H and O–H groups in total. The van der Waals surface area contributed by atoms with Crippen LogP contribution in [0.2, 0.25) is 0 Å². The van der Waals surface area contributed by atoms with Crippen LogP contribution in [0.15, 0.2) is 47.4 Å². The van der Waals surface area contributed by atoms with Gasteiger partial charge in [-0.05, 0) is 42.0 Å². The number of amides is 1. The third-order valence-electron chi connectivity index (χ3n) is 4.07. The Kier molecular flexibility index (Phi) is 4.10. The van der Waals surface area contributed by atoms with E-state index in [1.54, 1.807) is 24.4 Å². The topological polar surface area (TPSA) is 99.9 Å². The van der Waals surface area contributed by atoms with E-state index in [-0.39, 0.29) is 16.2 Å². The Hall–Kier alpha value is -3.26. The number of ether oxygens (including phenoxy) is 1. The van der Waals surface area contributed by atoms with E-state index in [1.807, 2.05) is 18.2 Å². The number of rotatable bonds is 3. The highest BCUT2D eigenvalue weighted by Gasteiger charge is 2.21. The van der Waals surface area contributed by atoms with E-state index in [0.717, 1.165) is 11.3 Å². The van der Waals surface area contributed by atoms with Crippen molar-refractivity contribution < 1.29 is 9.53 Å². The maximum atomic E-state index is 12.4. The number of pyridine rings is 1. The summed E-state index contributed by atoms with van der Waals surface area (Å²) >= 11 is 4.97. The Morgan fingerprint density at radius 1 is 1.27 bits per heavy atom. The molecule has 2 aromatic heterocycles. The van der Waals surface area contributed by atoms with Crippen LogP contribution in [-0.4, -0.2) is 20.9 Å². The summed E-state index contributed by atoms with van der Waals surface area (Å²) in [6.07, 6.45) is 2.08. The Balaban J connectivity index is 1.56. The van der Waals surface area contributed by atoms with Gasteiger partial charge >= 0.3 is 0 Å². The van der Waals surface area contributed by atoms with Crippen molar-refractivity contribution in [3.8, 4) is 11.6 Å². The summed E-state index contributed by atoms with van der Waals surface area (Å²) in [6, 6.07) is 10.7. The van der Waals surface area contributed by atoms with E-state index >= 15 is 0 Å². The van der Waals surface area contributed by atoms with Crippen LogP contribution in [-0.2, 0) is 13.0 Å². The van der Waals surface area contributed by atoms with Crippen molar-refractivity contribution in [1.82, 2.24) is 20.3 Å². The zero-order chi connectivity index (χ0) is 18.1. The molecule has 0 bridgehead atoms. The molecule has 3 heterocycles. The number of aromatic nitrogens is 3. The first-order valence-electron chi connectivity index (χ1n) is 7.94. The van der Waals surface area contributed by atoms with Gasteiger partial charge in [-0.15, -0.1) is 0 Å². The molecule has 1 aromatic carbocycles. The van der Waals surface area contributed by atoms with Crippen LogP contribution in [0, 0.1) is 4.77 Å². The van der Waals surface area contributed by atoms with Crippen LogP contribution in [0.1, 0.15) is 27.2 Å². The van der Waals surface area contributed by atoms with E-state index in [2.05, 4.69) is 20.3 Å². The minimum atomic E-state index is -0.272. The van der Waals surface area contributed by atoms with Crippen molar-refractivity contribution in [3.63, 3.8) is 0 Å². The van der Waals surface area contributed by atoms with Crippen LogP contribution < -0.4 is 15.6 Å². The lowest BCUT2D eigenvalue weighted by molar-refractivity contribution is 0.0950. The average molecular weight is 366 g/mol. The molecule has 1 aliphatic heterocycles. The molecule has 0 radical (unpaired) electrons. The number of benzene rings is 1. The van der Waals surface area contributed by atoms with Gasteiger partial charge in [0.1, 0.15) is 5.75 Å². The van der Waals surface area contributed by atoms with Gasteiger partial charge in [-0.25, -0.2) is 0 Å². The van der Waals surface area contributed by atoms with E-state index in [4.69, 9.17) is 17.0 Å². The standard InChI is InChI=1S/C18H14N4O3S/c23-15(20-9-12-3-1-2-6-19-12)11-5-4-10-7-13-16(24)21-18(26)22-17(13)25-14(10)8-11/h1-6,8H,7,9H2,(H,20,23)(H2,21,22,24,26). The van der Waals surface area contributed by atoms with Gasteiger partial charge in [0, 0.05) is 18.2 Å². The van der Waals surface area contributed by atoms with Gasteiger partial charge in [0.05, 0.1) is 17.8 Å². The lowest BCUT2D eigenvalue weighted by Crippen LogP contribution is -2.24. The van der Waals surface area contributed by atoms with Crippen molar-refractivity contribution in [1.29, 1.82) is 0 Å². The molecule has 0 fully saturated rings. The molecule has 0 saturated carbocycles. The maximum Gasteiger partial charge on any atom is 0.259 e. The zero-order valence-electron chi connectivity index (χ0n) is 13.5. The maximum absolute atomic E-state index is 12.4. The molecule has 130 valence electrons. The van der Waals surface area contributed by atoms with Crippen LogP contribution in [0.25, 0.3) is 0 Å². The van der Waals surface area contributed by atoms with Crippen molar-refractivity contribution >= 4 is 18.1 Å². The smallest absolute Gasteiger partial charge is 0.259 e. The fourth-order valence-electron chi connectivity index (χ4n) is 2.75. The molecule has 0 spiro atoms. The molecule has 8 heteroatoms. The quantitative estimate of drug-likeness (QED) is 0.484. The number of nitrogens with one attached hydrogen (secondary N) is 3. The zero-order valence-corrected chi connectivity index (χ0v) is 14.4. The van der Waals surface area contributed by atoms with Crippen LogP contribution in [0.5, 0.6) is 11.6 Å². The number of carbonyl (C=O) groups excluding carboxylic acids is 1. The van der Waals surface area contributed by atoms with Crippen LogP contribution in [0.3, 0.4) is 0 Å². The minimum absolute atomic E-state index is 0.196. The molecule has 26 heavy (non-hydrogen) atoms. The normalized spacial score (nSPS) is 11.8. The minimum Gasteiger partial charge on any atom is -0.440 e. The van der Waals surface area contributed by atoms with Gasteiger partial charge in [-0.1, -0.05) is 12.1 Å². The second kappa shape index (κ2) is 6.57. The van der Waals surface area contributed by atoms with E-state index in [0.29, 0.717) is 35.7 Å². The first kappa shape index (κ1) is 16.2. The summed E-state index contributed by atoms with van der Waals surface area (Å²) in [5, 5.41) is 2.82. The lowest BCUT2D eigenvalue weighted by Gasteiger charge is -2.19. The van der Waals surface area contributed by atoms with Gasteiger partial charge < -0.3 is 15.0 Å².